The number of aliphatic carboxylic acids is 1. The third-order valence-electron chi connectivity index (χ3n) is 2.29. The lowest BCUT2D eigenvalue weighted by Gasteiger charge is -1.99. The van der Waals surface area contributed by atoms with Crippen molar-refractivity contribution in [1.82, 2.24) is 15.0 Å². The second-order valence-electron chi connectivity index (χ2n) is 3.64. The number of nitrogen functional groups attached to an aromatic ring is 1. The molecular weight excluding hydrogens is 220 g/mol. The zero-order valence-corrected chi connectivity index (χ0v) is 9.08. The monoisotopic (exact) mass is 232 g/mol. The van der Waals surface area contributed by atoms with Crippen molar-refractivity contribution in [1.29, 1.82) is 0 Å². The van der Waals surface area contributed by atoms with Gasteiger partial charge in [-0.25, -0.2) is 4.68 Å². The van der Waals surface area contributed by atoms with E-state index in [1.165, 1.54) is 0 Å². The third-order valence-corrected chi connectivity index (χ3v) is 2.29. The molecule has 0 saturated carbocycles. The van der Waals surface area contributed by atoms with E-state index in [1.54, 1.807) is 23.0 Å². The molecule has 3 N–H and O–H groups in total. The lowest BCUT2D eigenvalue weighted by molar-refractivity contribution is -0.136. The predicted molar refractivity (Wildman–Crippen MR) is 61.7 cm³/mol. The first-order chi connectivity index (χ1) is 8.15. The van der Waals surface area contributed by atoms with Crippen LogP contribution in [0.1, 0.15) is 12.1 Å². The molecule has 0 bridgehead atoms. The normalized spacial score (nSPS) is 10.4. The number of hydrogen-bond donors (Lipinski definition) is 2. The van der Waals surface area contributed by atoms with Crippen LogP contribution in [0, 0.1) is 0 Å². The molecule has 0 unspecified atom stereocenters. The minimum atomic E-state index is -0.841. The van der Waals surface area contributed by atoms with Crippen molar-refractivity contribution in [3.8, 4) is 5.69 Å². The highest BCUT2D eigenvalue weighted by molar-refractivity contribution is 5.66. The van der Waals surface area contributed by atoms with Crippen LogP contribution >= 0.6 is 0 Å². The highest BCUT2D eigenvalue weighted by atomic mass is 16.4. The molecule has 1 aromatic heterocycles. The van der Waals surface area contributed by atoms with E-state index in [1.807, 2.05) is 12.1 Å². The van der Waals surface area contributed by atoms with Gasteiger partial charge >= 0.3 is 5.97 Å². The number of carboxylic acids is 1. The van der Waals surface area contributed by atoms with Gasteiger partial charge in [-0.3, -0.25) is 4.79 Å². The molecular formula is C11H12N4O2. The number of rotatable bonds is 4. The molecule has 1 heterocycles. The van der Waals surface area contributed by atoms with Crippen LogP contribution in [0.4, 0.5) is 5.69 Å². The predicted octanol–water partition coefficient (Wildman–Crippen LogP) is 0.867. The molecule has 0 spiro atoms. The van der Waals surface area contributed by atoms with Crippen molar-refractivity contribution < 1.29 is 9.90 Å². The minimum absolute atomic E-state index is 0.0560. The number of nitrogens with two attached hydrogens (primary N) is 1. The first-order valence-electron chi connectivity index (χ1n) is 5.14. The Hall–Kier alpha value is -2.37. The van der Waals surface area contributed by atoms with Gasteiger partial charge in [0.2, 0.25) is 0 Å². The summed E-state index contributed by atoms with van der Waals surface area (Å²) in [7, 11) is 0. The van der Waals surface area contributed by atoms with Crippen LogP contribution in [0.3, 0.4) is 0 Å². The van der Waals surface area contributed by atoms with Gasteiger partial charge in [0.15, 0.2) is 0 Å². The van der Waals surface area contributed by atoms with Crippen LogP contribution < -0.4 is 5.73 Å². The average molecular weight is 232 g/mol. The topological polar surface area (TPSA) is 94.0 Å². The lowest BCUT2D eigenvalue weighted by atomic mass is 10.2. The number of carbonyl (C=O) groups is 1. The van der Waals surface area contributed by atoms with Gasteiger partial charge in [0.1, 0.15) is 0 Å². The second kappa shape index (κ2) is 4.65. The molecule has 0 aliphatic heterocycles. The molecule has 0 fully saturated rings. The van der Waals surface area contributed by atoms with Gasteiger partial charge in [-0.2, -0.15) is 0 Å². The second-order valence-corrected chi connectivity index (χ2v) is 3.64. The quantitative estimate of drug-likeness (QED) is 0.762. The highest BCUT2D eigenvalue weighted by Gasteiger charge is 2.05. The summed E-state index contributed by atoms with van der Waals surface area (Å²) in [5, 5.41) is 16.4. The molecule has 17 heavy (non-hydrogen) atoms. The zero-order chi connectivity index (χ0) is 12.3. The van der Waals surface area contributed by atoms with Crippen molar-refractivity contribution >= 4 is 11.7 Å². The Morgan fingerprint density at radius 3 is 2.71 bits per heavy atom. The van der Waals surface area contributed by atoms with Gasteiger partial charge < -0.3 is 10.8 Å². The number of hydrogen-bond acceptors (Lipinski definition) is 4. The molecule has 6 nitrogen and oxygen atoms in total. The summed E-state index contributed by atoms with van der Waals surface area (Å²) < 4.78 is 1.59. The molecule has 0 radical (unpaired) electrons. The number of nitrogens with zero attached hydrogens (tertiary/aromatic N) is 3. The molecule has 88 valence electrons. The average Bonchev–Trinajstić information content (AvgIpc) is 2.76. The van der Waals surface area contributed by atoms with E-state index in [-0.39, 0.29) is 6.42 Å². The summed E-state index contributed by atoms with van der Waals surface area (Å²) in [6.07, 6.45) is 2.15. The fourth-order valence-electron chi connectivity index (χ4n) is 1.40. The Labute approximate surface area is 97.7 Å². The van der Waals surface area contributed by atoms with Crippen molar-refractivity contribution in [2.24, 2.45) is 0 Å². The standard InChI is InChI=1S/C11H12N4O2/c12-8-1-4-10(5-2-8)15-7-9(13-14-15)3-6-11(16)17/h1-2,4-5,7H,3,6,12H2,(H,16,17). The van der Waals surface area contributed by atoms with E-state index in [9.17, 15) is 4.79 Å². The van der Waals surface area contributed by atoms with Crippen LogP contribution in [0.2, 0.25) is 0 Å². The Balaban J connectivity index is 2.12. The van der Waals surface area contributed by atoms with Crippen LogP contribution in [-0.4, -0.2) is 26.1 Å². The number of aromatic nitrogens is 3. The highest BCUT2D eigenvalue weighted by Crippen LogP contribution is 2.10. The van der Waals surface area contributed by atoms with Gasteiger partial charge in [0.25, 0.3) is 0 Å². The van der Waals surface area contributed by atoms with Crippen molar-refractivity contribution in [2.45, 2.75) is 12.8 Å². The summed E-state index contributed by atoms with van der Waals surface area (Å²) in [4.78, 5) is 10.4. The minimum Gasteiger partial charge on any atom is -0.481 e. The Kier molecular flexibility index (Phi) is 3.04. The molecule has 0 aliphatic carbocycles. The van der Waals surface area contributed by atoms with Gasteiger partial charge in [-0.1, -0.05) is 5.21 Å². The lowest BCUT2D eigenvalue weighted by Crippen LogP contribution is -1.97. The summed E-state index contributed by atoms with van der Waals surface area (Å²) in [5.74, 6) is -0.841. The molecule has 0 aliphatic rings. The maximum Gasteiger partial charge on any atom is 0.303 e. The first kappa shape index (κ1) is 11.1. The summed E-state index contributed by atoms with van der Waals surface area (Å²) in [6.45, 7) is 0. The maximum absolute atomic E-state index is 10.4. The van der Waals surface area contributed by atoms with E-state index < -0.39 is 5.97 Å². The zero-order valence-electron chi connectivity index (χ0n) is 9.08. The smallest absolute Gasteiger partial charge is 0.303 e. The van der Waals surface area contributed by atoms with Crippen LogP contribution in [-0.2, 0) is 11.2 Å². The molecule has 2 rings (SSSR count). The van der Waals surface area contributed by atoms with Gasteiger partial charge in [-0.05, 0) is 24.3 Å². The van der Waals surface area contributed by atoms with Crippen molar-refractivity contribution in [3.63, 3.8) is 0 Å². The Morgan fingerprint density at radius 2 is 2.06 bits per heavy atom. The summed E-state index contributed by atoms with van der Waals surface area (Å²) in [6, 6.07) is 7.19. The van der Waals surface area contributed by atoms with Crippen molar-refractivity contribution in [3.05, 3.63) is 36.2 Å². The van der Waals surface area contributed by atoms with E-state index in [4.69, 9.17) is 10.8 Å². The fourth-order valence-corrected chi connectivity index (χ4v) is 1.40. The van der Waals surface area contributed by atoms with Crippen LogP contribution in [0.15, 0.2) is 30.5 Å². The van der Waals surface area contributed by atoms with Crippen LogP contribution in [0.25, 0.3) is 5.69 Å². The number of benzene rings is 1. The van der Waals surface area contributed by atoms with Crippen LogP contribution in [0.5, 0.6) is 0 Å². The van der Waals surface area contributed by atoms with E-state index in [0.29, 0.717) is 17.8 Å². The maximum atomic E-state index is 10.4. The molecule has 0 atom stereocenters. The van der Waals surface area contributed by atoms with Gasteiger partial charge in [0, 0.05) is 12.1 Å². The molecule has 2 aromatic rings. The van der Waals surface area contributed by atoms with E-state index in [2.05, 4.69) is 10.3 Å². The number of carboxylic acid groups (broad SMARTS) is 1. The number of aryl methyl sites for hydroxylation is 1. The molecule has 1 aromatic carbocycles. The molecule has 6 heteroatoms. The van der Waals surface area contributed by atoms with Gasteiger partial charge in [-0.15, -0.1) is 5.10 Å². The molecule has 0 amide bonds. The van der Waals surface area contributed by atoms with E-state index in [0.717, 1.165) is 5.69 Å². The Morgan fingerprint density at radius 1 is 1.35 bits per heavy atom. The first-order valence-corrected chi connectivity index (χ1v) is 5.14. The van der Waals surface area contributed by atoms with E-state index >= 15 is 0 Å². The molecule has 0 saturated heterocycles. The summed E-state index contributed by atoms with van der Waals surface area (Å²) in [5.41, 5.74) is 7.76. The Bertz CT molecular complexity index is 519. The SMILES string of the molecule is Nc1ccc(-n2cc(CCC(=O)O)nn2)cc1. The van der Waals surface area contributed by atoms with Gasteiger partial charge in [0.05, 0.1) is 24.0 Å². The third kappa shape index (κ3) is 2.81. The van der Waals surface area contributed by atoms with Crippen molar-refractivity contribution in [2.75, 3.05) is 5.73 Å². The fraction of sp³-hybridized carbons (Fsp3) is 0.182. The number of anilines is 1. The largest absolute Gasteiger partial charge is 0.481 e. The summed E-state index contributed by atoms with van der Waals surface area (Å²) >= 11 is 0.